The van der Waals surface area contributed by atoms with Crippen LogP contribution in [0.5, 0.6) is 0 Å². The van der Waals surface area contributed by atoms with Gasteiger partial charge in [0.05, 0.1) is 16.4 Å². The van der Waals surface area contributed by atoms with Crippen LogP contribution >= 0.6 is 27.7 Å². The lowest BCUT2D eigenvalue weighted by Crippen LogP contribution is -2.06. The molecule has 98 valence electrons. The number of pyridine rings is 1. The van der Waals surface area contributed by atoms with Crippen molar-refractivity contribution in [1.29, 1.82) is 0 Å². The molecule has 1 amide bonds. The van der Waals surface area contributed by atoms with Crippen molar-refractivity contribution in [2.24, 2.45) is 0 Å². The Balaban J connectivity index is 2.03. The van der Waals surface area contributed by atoms with Gasteiger partial charge in [0.1, 0.15) is 5.03 Å². The van der Waals surface area contributed by atoms with Crippen LogP contribution in [-0.2, 0) is 10.5 Å². The van der Waals surface area contributed by atoms with E-state index < -0.39 is 0 Å². The summed E-state index contributed by atoms with van der Waals surface area (Å²) in [7, 11) is 0. The van der Waals surface area contributed by atoms with Crippen molar-refractivity contribution >= 4 is 39.3 Å². The molecule has 3 nitrogen and oxygen atoms in total. The highest BCUT2D eigenvalue weighted by atomic mass is 79.9. The fourth-order valence-electron chi connectivity index (χ4n) is 1.53. The maximum atomic E-state index is 11.0. The van der Waals surface area contributed by atoms with Crippen LogP contribution in [0.1, 0.15) is 12.5 Å². The average molecular weight is 337 g/mol. The molecule has 0 atom stereocenters. The first-order valence-corrected chi connectivity index (χ1v) is 7.53. The van der Waals surface area contributed by atoms with Crippen LogP contribution < -0.4 is 5.32 Å². The molecule has 0 bridgehead atoms. The zero-order valence-electron chi connectivity index (χ0n) is 10.4. The summed E-state index contributed by atoms with van der Waals surface area (Å²) in [4.78, 5) is 15.3. The summed E-state index contributed by atoms with van der Waals surface area (Å²) in [6, 6.07) is 12.1. The molecular weight excluding hydrogens is 324 g/mol. The third kappa shape index (κ3) is 4.36. The topological polar surface area (TPSA) is 42.0 Å². The summed E-state index contributed by atoms with van der Waals surface area (Å²) in [5.41, 5.74) is 1.95. The largest absolute Gasteiger partial charge is 0.325 e. The van der Waals surface area contributed by atoms with E-state index in [1.54, 1.807) is 18.0 Å². The van der Waals surface area contributed by atoms with E-state index in [2.05, 4.69) is 38.4 Å². The summed E-state index contributed by atoms with van der Waals surface area (Å²) in [5.74, 6) is 0.768. The highest BCUT2D eigenvalue weighted by Crippen LogP contribution is 2.29. The maximum absolute atomic E-state index is 11.0. The van der Waals surface area contributed by atoms with Crippen LogP contribution in [0.3, 0.4) is 0 Å². The van der Waals surface area contributed by atoms with Crippen molar-refractivity contribution < 1.29 is 4.79 Å². The SMILES string of the molecule is CC(=O)Nc1cnc(SCc2ccccc2)c(Br)c1. The van der Waals surface area contributed by atoms with Gasteiger partial charge in [0.25, 0.3) is 0 Å². The van der Waals surface area contributed by atoms with Crippen molar-refractivity contribution in [1.82, 2.24) is 4.98 Å². The molecule has 0 saturated heterocycles. The first kappa shape index (κ1) is 14.1. The number of anilines is 1. The molecule has 0 aliphatic heterocycles. The Morgan fingerprint density at radius 1 is 1.37 bits per heavy atom. The predicted molar refractivity (Wildman–Crippen MR) is 82.2 cm³/mol. The van der Waals surface area contributed by atoms with Crippen LogP contribution in [0.25, 0.3) is 0 Å². The second-order valence-corrected chi connectivity index (χ2v) is 5.78. The lowest BCUT2D eigenvalue weighted by molar-refractivity contribution is -0.114. The number of aromatic nitrogens is 1. The third-order valence-corrected chi connectivity index (χ3v) is 4.29. The van der Waals surface area contributed by atoms with Gasteiger partial charge >= 0.3 is 0 Å². The van der Waals surface area contributed by atoms with E-state index in [0.717, 1.165) is 15.3 Å². The van der Waals surface area contributed by atoms with Crippen molar-refractivity contribution in [3.8, 4) is 0 Å². The van der Waals surface area contributed by atoms with Crippen LogP contribution in [-0.4, -0.2) is 10.9 Å². The van der Waals surface area contributed by atoms with E-state index in [1.165, 1.54) is 12.5 Å². The predicted octanol–water partition coefficient (Wildman–Crippen LogP) is 4.09. The van der Waals surface area contributed by atoms with E-state index in [1.807, 2.05) is 24.3 Å². The summed E-state index contributed by atoms with van der Waals surface area (Å²) in [5, 5.41) is 3.62. The molecule has 0 fully saturated rings. The highest BCUT2D eigenvalue weighted by Gasteiger charge is 2.05. The Bertz CT molecular complexity index is 575. The number of hydrogen-bond donors (Lipinski definition) is 1. The van der Waals surface area contributed by atoms with Gasteiger partial charge in [-0.05, 0) is 27.6 Å². The minimum Gasteiger partial charge on any atom is -0.325 e. The average Bonchev–Trinajstić information content (AvgIpc) is 2.38. The summed E-state index contributed by atoms with van der Waals surface area (Å²) in [6.45, 7) is 1.48. The van der Waals surface area contributed by atoms with Crippen LogP contribution in [0, 0.1) is 0 Å². The normalized spacial score (nSPS) is 10.2. The van der Waals surface area contributed by atoms with Gasteiger partial charge in [-0.15, -0.1) is 11.8 Å². The molecule has 0 spiro atoms. The number of rotatable bonds is 4. The molecule has 1 aromatic heterocycles. The molecule has 19 heavy (non-hydrogen) atoms. The number of carbonyl (C=O) groups is 1. The second kappa shape index (κ2) is 6.73. The molecule has 0 unspecified atom stereocenters. The molecule has 5 heteroatoms. The standard InChI is InChI=1S/C14H13BrN2OS/c1-10(18)17-12-7-13(15)14(16-8-12)19-9-11-5-3-2-4-6-11/h2-8H,9H2,1H3,(H,17,18). The van der Waals surface area contributed by atoms with Crippen molar-refractivity contribution in [2.75, 3.05) is 5.32 Å². The smallest absolute Gasteiger partial charge is 0.221 e. The molecule has 1 heterocycles. The van der Waals surface area contributed by atoms with Gasteiger partial charge in [0, 0.05) is 12.7 Å². The Kier molecular flexibility index (Phi) is 4.99. The van der Waals surface area contributed by atoms with Gasteiger partial charge < -0.3 is 5.32 Å². The molecule has 2 rings (SSSR count). The summed E-state index contributed by atoms with van der Waals surface area (Å²) >= 11 is 5.13. The molecule has 0 aliphatic rings. The first-order chi connectivity index (χ1) is 9.15. The van der Waals surface area contributed by atoms with E-state index in [-0.39, 0.29) is 5.91 Å². The fraction of sp³-hybridized carbons (Fsp3) is 0.143. The number of halogens is 1. The van der Waals surface area contributed by atoms with E-state index in [4.69, 9.17) is 0 Å². The van der Waals surface area contributed by atoms with Gasteiger partial charge in [-0.25, -0.2) is 4.98 Å². The van der Waals surface area contributed by atoms with Crippen molar-refractivity contribution in [2.45, 2.75) is 17.7 Å². The van der Waals surface area contributed by atoms with Gasteiger partial charge in [-0.2, -0.15) is 0 Å². The summed E-state index contributed by atoms with van der Waals surface area (Å²) in [6.07, 6.45) is 1.67. The summed E-state index contributed by atoms with van der Waals surface area (Å²) < 4.78 is 0.889. The minimum atomic E-state index is -0.0987. The van der Waals surface area contributed by atoms with E-state index in [0.29, 0.717) is 5.69 Å². The highest BCUT2D eigenvalue weighted by molar-refractivity contribution is 9.10. The molecule has 2 aromatic rings. The fourth-order valence-corrected chi connectivity index (χ4v) is 3.04. The Morgan fingerprint density at radius 2 is 2.11 bits per heavy atom. The number of nitrogens with one attached hydrogen (secondary N) is 1. The van der Waals surface area contributed by atoms with Gasteiger partial charge in [0.2, 0.25) is 5.91 Å². The van der Waals surface area contributed by atoms with Crippen molar-refractivity contribution in [3.05, 3.63) is 52.6 Å². The van der Waals surface area contributed by atoms with Crippen LogP contribution in [0.2, 0.25) is 0 Å². The Hall–Kier alpha value is -1.33. The monoisotopic (exact) mass is 336 g/mol. The zero-order chi connectivity index (χ0) is 13.7. The van der Waals surface area contributed by atoms with Gasteiger partial charge in [-0.3, -0.25) is 4.79 Å². The minimum absolute atomic E-state index is 0.0987. The number of amides is 1. The van der Waals surface area contributed by atoms with Crippen LogP contribution in [0.4, 0.5) is 5.69 Å². The van der Waals surface area contributed by atoms with Gasteiger partial charge in [-0.1, -0.05) is 30.3 Å². The number of nitrogens with zero attached hydrogens (tertiary/aromatic N) is 1. The number of benzene rings is 1. The van der Waals surface area contributed by atoms with E-state index >= 15 is 0 Å². The van der Waals surface area contributed by atoms with Crippen molar-refractivity contribution in [3.63, 3.8) is 0 Å². The first-order valence-electron chi connectivity index (χ1n) is 5.75. The molecular formula is C14H13BrN2OS. The number of thioether (sulfide) groups is 1. The quantitative estimate of drug-likeness (QED) is 0.855. The molecule has 1 N–H and O–H groups in total. The molecule has 0 radical (unpaired) electrons. The lowest BCUT2D eigenvalue weighted by Gasteiger charge is -2.06. The second-order valence-electron chi connectivity index (χ2n) is 3.97. The maximum Gasteiger partial charge on any atom is 0.221 e. The Labute approximate surface area is 125 Å². The molecule has 0 saturated carbocycles. The van der Waals surface area contributed by atoms with Gasteiger partial charge in [0.15, 0.2) is 0 Å². The van der Waals surface area contributed by atoms with Crippen LogP contribution in [0.15, 0.2) is 52.1 Å². The molecule has 1 aromatic carbocycles. The Morgan fingerprint density at radius 3 is 2.74 bits per heavy atom. The number of hydrogen-bond acceptors (Lipinski definition) is 3. The van der Waals surface area contributed by atoms with E-state index in [9.17, 15) is 4.79 Å². The molecule has 0 aliphatic carbocycles. The zero-order valence-corrected chi connectivity index (χ0v) is 12.8. The third-order valence-electron chi connectivity index (χ3n) is 2.35. The lowest BCUT2D eigenvalue weighted by atomic mass is 10.2. The number of carbonyl (C=O) groups excluding carboxylic acids is 1.